The molecule has 5 aromatic rings. The minimum Gasteiger partial charge on any atom is -0.381 e. The minimum absolute atomic E-state index is 0.851. The van der Waals surface area contributed by atoms with Crippen LogP contribution in [0.4, 0.5) is 0 Å². The molecule has 0 atom stereocenters. The Bertz CT molecular complexity index is 1120. The zero-order valence-electron chi connectivity index (χ0n) is 11.7. The average Bonchev–Trinajstić information content (AvgIpc) is 3.16. The molecule has 0 fully saturated rings. The van der Waals surface area contributed by atoms with Crippen LogP contribution in [0.5, 0.6) is 0 Å². The third kappa shape index (κ3) is 1.48. The van der Waals surface area contributed by atoms with Crippen LogP contribution in [0.15, 0.2) is 71.3 Å². The van der Waals surface area contributed by atoms with E-state index in [-0.39, 0.29) is 0 Å². The summed E-state index contributed by atoms with van der Waals surface area (Å²) in [7, 11) is 0. The molecule has 5 rings (SSSR count). The lowest BCUT2D eigenvalue weighted by atomic mass is 10.1. The number of para-hydroxylation sites is 1. The third-order valence-electron chi connectivity index (χ3n) is 4.14. The number of H-pyrrole nitrogens is 1. The fourth-order valence-corrected chi connectivity index (χ4v) is 3.10. The zero-order valence-corrected chi connectivity index (χ0v) is 11.7. The number of aromatic nitrogens is 2. The number of hydrogen-bond acceptors (Lipinski definition) is 2. The maximum Gasteiger partial charge on any atom is 0.171 e. The summed E-state index contributed by atoms with van der Waals surface area (Å²) in [4.78, 5) is 4.76. The fourth-order valence-electron chi connectivity index (χ4n) is 3.10. The topological polar surface area (TPSA) is 41.8 Å². The summed E-state index contributed by atoms with van der Waals surface area (Å²) in [6.45, 7) is 0. The van der Waals surface area contributed by atoms with Crippen molar-refractivity contribution in [2.45, 2.75) is 0 Å². The molecule has 104 valence electrons. The van der Waals surface area contributed by atoms with E-state index in [1.165, 1.54) is 5.39 Å². The lowest BCUT2D eigenvalue weighted by Crippen LogP contribution is -1.75. The molecule has 3 heteroatoms. The Morgan fingerprint density at radius 2 is 1.50 bits per heavy atom. The van der Waals surface area contributed by atoms with Crippen LogP contribution in [0.25, 0.3) is 44.0 Å². The Morgan fingerprint density at radius 3 is 2.41 bits per heavy atom. The van der Waals surface area contributed by atoms with E-state index in [9.17, 15) is 0 Å². The largest absolute Gasteiger partial charge is 0.381 e. The monoisotopic (exact) mass is 284 g/mol. The summed E-state index contributed by atoms with van der Waals surface area (Å²) in [6, 6.07) is 22.6. The molecular weight excluding hydrogens is 272 g/mol. The molecular formula is C19H12N2O. The number of rotatable bonds is 1. The van der Waals surface area contributed by atoms with Gasteiger partial charge in [0.25, 0.3) is 0 Å². The smallest absolute Gasteiger partial charge is 0.171 e. The third-order valence-corrected chi connectivity index (χ3v) is 4.14. The summed E-state index contributed by atoms with van der Waals surface area (Å²) in [6.07, 6.45) is 0. The van der Waals surface area contributed by atoms with Crippen LogP contribution >= 0.6 is 0 Å². The Balaban J connectivity index is 1.89. The van der Waals surface area contributed by atoms with Crippen molar-refractivity contribution in [1.29, 1.82) is 0 Å². The van der Waals surface area contributed by atoms with E-state index in [4.69, 9.17) is 9.51 Å². The number of aromatic amines is 1. The van der Waals surface area contributed by atoms with Gasteiger partial charge >= 0.3 is 0 Å². The van der Waals surface area contributed by atoms with Crippen molar-refractivity contribution in [3.8, 4) is 11.3 Å². The van der Waals surface area contributed by atoms with E-state index < -0.39 is 0 Å². The molecule has 3 aromatic carbocycles. The first-order valence-corrected chi connectivity index (χ1v) is 7.25. The highest BCUT2D eigenvalue weighted by molar-refractivity contribution is 6.17. The van der Waals surface area contributed by atoms with Crippen LogP contribution in [0.3, 0.4) is 0 Å². The van der Waals surface area contributed by atoms with Crippen molar-refractivity contribution in [2.75, 3.05) is 0 Å². The molecule has 0 radical (unpaired) electrons. The van der Waals surface area contributed by atoms with Gasteiger partial charge in [0.15, 0.2) is 5.76 Å². The van der Waals surface area contributed by atoms with Gasteiger partial charge in [-0.2, -0.15) is 0 Å². The number of hydrogen-bond donors (Lipinski definition) is 1. The summed E-state index contributed by atoms with van der Waals surface area (Å²) >= 11 is 0. The SMILES string of the molecule is c1ccc(-c2o[nH]c3c2ccc2c4ccccc4nc23)cc1. The Morgan fingerprint density at radius 1 is 0.727 bits per heavy atom. The Kier molecular flexibility index (Phi) is 2.22. The van der Waals surface area contributed by atoms with Gasteiger partial charge in [-0.25, -0.2) is 10.1 Å². The quantitative estimate of drug-likeness (QED) is 0.463. The van der Waals surface area contributed by atoms with Crippen LogP contribution < -0.4 is 0 Å². The summed E-state index contributed by atoms with van der Waals surface area (Å²) < 4.78 is 5.74. The zero-order chi connectivity index (χ0) is 14.5. The standard InChI is InChI=1S/C19H12N2O/c1-2-6-12(7-3-1)19-15-11-10-14-13-8-4-5-9-16(13)20-17(14)18(15)21-22-19/h1-11,21H. The summed E-state index contributed by atoms with van der Waals surface area (Å²) in [5, 5.41) is 6.44. The molecule has 0 aliphatic carbocycles. The van der Waals surface area contributed by atoms with Crippen LogP contribution in [0, 0.1) is 0 Å². The van der Waals surface area contributed by atoms with Crippen LogP contribution in [-0.4, -0.2) is 10.1 Å². The molecule has 1 N–H and O–H groups in total. The predicted octanol–water partition coefficient (Wildman–Crippen LogP) is 5.13. The Labute approximate surface area is 126 Å². The van der Waals surface area contributed by atoms with Crippen LogP contribution in [0.2, 0.25) is 0 Å². The number of nitrogens with zero attached hydrogens (tertiary/aromatic N) is 1. The lowest BCUT2D eigenvalue weighted by Gasteiger charge is -1.96. The van der Waals surface area contributed by atoms with E-state index in [0.717, 1.165) is 38.6 Å². The van der Waals surface area contributed by atoms with Crippen molar-refractivity contribution in [3.63, 3.8) is 0 Å². The van der Waals surface area contributed by atoms with E-state index in [2.05, 4.69) is 23.4 Å². The van der Waals surface area contributed by atoms with Gasteiger partial charge in [0, 0.05) is 21.7 Å². The average molecular weight is 284 g/mol. The second-order valence-corrected chi connectivity index (χ2v) is 5.41. The minimum atomic E-state index is 0.851. The first-order valence-electron chi connectivity index (χ1n) is 7.25. The maximum absolute atomic E-state index is 5.74. The molecule has 2 aromatic heterocycles. The van der Waals surface area contributed by atoms with Gasteiger partial charge in [-0.05, 0) is 12.1 Å². The van der Waals surface area contributed by atoms with E-state index in [1.54, 1.807) is 0 Å². The molecule has 22 heavy (non-hydrogen) atoms. The van der Waals surface area contributed by atoms with Crippen molar-refractivity contribution in [2.24, 2.45) is 0 Å². The normalized spacial score (nSPS) is 11.6. The molecule has 0 saturated heterocycles. The van der Waals surface area contributed by atoms with Crippen molar-refractivity contribution in [1.82, 2.24) is 10.1 Å². The van der Waals surface area contributed by atoms with Gasteiger partial charge in [-0.3, -0.25) is 0 Å². The van der Waals surface area contributed by atoms with Crippen molar-refractivity contribution in [3.05, 3.63) is 66.7 Å². The molecule has 0 aliphatic rings. The molecule has 0 bridgehead atoms. The van der Waals surface area contributed by atoms with Gasteiger partial charge in [0.05, 0.1) is 11.0 Å². The van der Waals surface area contributed by atoms with Gasteiger partial charge in [0.2, 0.25) is 0 Å². The number of benzene rings is 3. The van der Waals surface area contributed by atoms with Crippen molar-refractivity contribution < 1.29 is 4.52 Å². The first-order chi connectivity index (χ1) is 10.9. The van der Waals surface area contributed by atoms with Gasteiger partial charge in [-0.1, -0.05) is 54.6 Å². The van der Waals surface area contributed by atoms with Crippen molar-refractivity contribution >= 4 is 32.7 Å². The summed E-state index contributed by atoms with van der Waals surface area (Å²) in [5.41, 5.74) is 3.99. The second-order valence-electron chi connectivity index (χ2n) is 5.41. The van der Waals surface area contributed by atoms with Crippen LogP contribution in [0.1, 0.15) is 0 Å². The lowest BCUT2D eigenvalue weighted by molar-refractivity contribution is 0.441. The molecule has 3 nitrogen and oxygen atoms in total. The number of nitrogens with one attached hydrogen (secondary N) is 1. The van der Waals surface area contributed by atoms with Gasteiger partial charge < -0.3 is 4.52 Å². The molecule has 2 heterocycles. The molecule has 0 saturated carbocycles. The molecule has 0 aliphatic heterocycles. The van der Waals surface area contributed by atoms with Gasteiger partial charge in [0.1, 0.15) is 5.52 Å². The highest BCUT2D eigenvalue weighted by Gasteiger charge is 2.14. The maximum atomic E-state index is 5.74. The second kappa shape index (κ2) is 4.21. The predicted molar refractivity (Wildman–Crippen MR) is 88.8 cm³/mol. The highest BCUT2D eigenvalue weighted by atomic mass is 16.5. The highest BCUT2D eigenvalue weighted by Crippen LogP contribution is 2.35. The number of fused-ring (bicyclic) bond motifs is 5. The summed E-state index contributed by atoms with van der Waals surface area (Å²) in [5.74, 6) is 0.851. The Hall–Kier alpha value is -3.07. The van der Waals surface area contributed by atoms with E-state index in [0.29, 0.717) is 0 Å². The fraction of sp³-hybridized carbons (Fsp3) is 0. The first kappa shape index (κ1) is 11.6. The van der Waals surface area contributed by atoms with Crippen LogP contribution in [-0.2, 0) is 0 Å². The molecule has 0 amide bonds. The van der Waals surface area contributed by atoms with E-state index in [1.807, 2.05) is 48.5 Å². The van der Waals surface area contributed by atoms with Gasteiger partial charge in [-0.15, -0.1) is 0 Å². The van der Waals surface area contributed by atoms with E-state index >= 15 is 0 Å². The molecule has 0 spiro atoms. The molecule has 0 unspecified atom stereocenters.